The summed E-state index contributed by atoms with van der Waals surface area (Å²) in [5.74, 6) is 0.277. The number of rotatable bonds is 5. The fourth-order valence-electron chi connectivity index (χ4n) is 1.80. The van der Waals surface area contributed by atoms with Crippen LogP contribution < -0.4 is 5.32 Å². The van der Waals surface area contributed by atoms with Crippen LogP contribution in [0.25, 0.3) is 0 Å². The van der Waals surface area contributed by atoms with Gasteiger partial charge in [0.25, 0.3) is 0 Å². The molecule has 94 valence electrons. The summed E-state index contributed by atoms with van der Waals surface area (Å²) in [6.45, 7) is 0.995. The molecular formula is C15H17NO2. The monoisotopic (exact) mass is 243 g/mol. The zero-order valence-electron chi connectivity index (χ0n) is 10.1. The number of phenolic OH excluding ortho intramolecular Hbond substituents is 1. The first-order valence-electron chi connectivity index (χ1n) is 5.98. The summed E-state index contributed by atoms with van der Waals surface area (Å²) in [7, 11) is 0. The maximum absolute atomic E-state index is 9.94. The average molecular weight is 243 g/mol. The third-order valence-electron chi connectivity index (χ3n) is 2.83. The lowest BCUT2D eigenvalue weighted by atomic mass is 10.1. The predicted octanol–water partition coefficient (Wildman–Crippen LogP) is 2.22. The first-order chi connectivity index (χ1) is 8.77. The number of phenols is 1. The number of aromatic hydroxyl groups is 1. The molecule has 0 saturated carbocycles. The highest BCUT2D eigenvalue weighted by atomic mass is 16.3. The van der Waals surface area contributed by atoms with Gasteiger partial charge in [0, 0.05) is 18.7 Å². The molecule has 0 aliphatic heterocycles. The Labute approximate surface area is 107 Å². The Kier molecular flexibility index (Phi) is 4.34. The van der Waals surface area contributed by atoms with Gasteiger partial charge in [0.15, 0.2) is 0 Å². The number of aliphatic hydroxyl groups excluding tert-OH is 1. The highest BCUT2D eigenvalue weighted by molar-refractivity contribution is 5.31. The molecule has 0 amide bonds. The van der Waals surface area contributed by atoms with E-state index in [0.29, 0.717) is 13.1 Å². The Morgan fingerprint density at radius 1 is 0.944 bits per heavy atom. The SMILES string of the molecule is Oc1ccccc1CNCC(O)c1ccccc1. The zero-order chi connectivity index (χ0) is 12.8. The second-order valence-electron chi connectivity index (χ2n) is 4.19. The largest absolute Gasteiger partial charge is 0.508 e. The van der Waals surface area contributed by atoms with Crippen molar-refractivity contribution in [1.29, 1.82) is 0 Å². The van der Waals surface area contributed by atoms with Crippen LogP contribution in [-0.4, -0.2) is 16.8 Å². The normalized spacial score (nSPS) is 12.3. The van der Waals surface area contributed by atoms with Crippen LogP contribution in [0.3, 0.4) is 0 Å². The molecule has 3 N–H and O–H groups in total. The van der Waals surface area contributed by atoms with E-state index in [1.165, 1.54) is 0 Å². The van der Waals surface area contributed by atoms with Crippen molar-refractivity contribution < 1.29 is 10.2 Å². The van der Waals surface area contributed by atoms with Gasteiger partial charge in [0.1, 0.15) is 5.75 Å². The molecule has 2 aromatic rings. The summed E-state index contributed by atoms with van der Waals surface area (Å²) in [6.07, 6.45) is -0.531. The van der Waals surface area contributed by atoms with Gasteiger partial charge in [-0.05, 0) is 11.6 Å². The minimum absolute atomic E-state index is 0.277. The maximum atomic E-state index is 9.94. The Morgan fingerprint density at radius 2 is 1.61 bits per heavy atom. The first-order valence-corrected chi connectivity index (χ1v) is 5.98. The summed E-state index contributed by atoms with van der Waals surface area (Å²) in [6, 6.07) is 16.7. The average Bonchev–Trinajstić information content (AvgIpc) is 2.42. The Morgan fingerprint density at radius 3 is 2.33 bits per heavy atom. The number of aliphatic hydroxyl groups is 1. The van der Waals surface area contributed by atoms with E-state index in [-0.39, 0.29) is 5.75 Å². The molecule has 0 spiro atoms. The molecule has 3 heteroatoms. The van der Waals surface area contributed by atoms with Crippen LogP contribution in [0.2, 0.25) is 0 Å². The van der Waals surface area contributed by atoms with Crippen LogP contribution in [0.5, 0.6) is 5.75 Å². The van der Waals surface area contributed by atoms with E-state index in [4.69, 9.17) is 0 Å². The minimum Gasteiger partial charge on any atom is -0.508 e. The molecule has 0 saturated heterocycles. The second-order valence-corrected chi connectivity index (χ2v) is 4.19. The maximum Gasteiger partial charge on any atom is 0.120 e. The Bertz CT molecular complexity index is 485. The third-order valence-corrected chi connectivity index (χ3v) is 2.83. The van der Waals surface area contributed by atoms with Crippen LogP contribution in [0.4, 0.5) is 0 Å². The molecule has 0 aliphatic carbocycles. The van der Waals surface area contributed by atoms with Gasteiger partial charge in [-0.3, -0.25) is 0 Å². The summed E-state index contributed by atoms with van der Waals surface area (Å²) in [4.78, 5) is 0. The van der Waals surface area contributed by atoms with Crippen molar-refractivity contribution in [2.24, 2.45) is 0 Å². The summed E-state index contributed by atoms with van der Waals surface area (Å²) >= 11 is 0. The predicted molar refractivity (Wildman–Crippen MR) is 71.2 cm³/mol. The molecule has 0 fully saturated rings. The fourth-order valence-corrected chi connectivity index (χ4v) is 1.80. The highest BCUT2D eigenvalue weighted by Crippen LogP contribution is 2.15. The summed E-state index contributed by atoms with van der Waals surface area (Å²) in [5, 5.41) is 22.7. The van der Waals surface area contributed by atoms with Gasteiger partial charge in [0.2, 0.25) is 0 Å². The van der Waals surface area contributed by atoms with Gasteiger partial charge in [-0.1, -0.05) is 48.5 Å². The molecule has 3 nitrogen and oxygen atoms in total. The van der Waals surface area contributed by atoms with Gasteiger partial charge in [-0.2, -0.15) is 0 Å². The van der Waals surface area contributed by atoms with Crippen molar-refractivity contribution >= 4 is 0 Å². The van der Waals surface area contributed by atoms with E-state index in [1.54, 1.807) is 12.1 Å². The van der Waals surface area contributed by atoms with Gasteiger partial charge in [-0.15, -0.1) is 0 Å². The van der Waals surface area contributed by atoms with E-state index >= 15 is 0 Å². The molecule has 0 aliphatic rings. The highest BCUT2D eigenvalue weighted by Gasteiger charge is 2.06. The van der Waals surface area contributed by atoms with E-state index in [0.717, 1.165) is 11.1 Å². The van der Waals surface area contributed by atoms with Crippen LogP contribution >= 0.6 is 0 Å². The van der Waals surface area contributed by atoms with Crippen LogP contribution in [0.1, 0.15) is 17.2 Å². The van der Waals surface area contributed by atoms with E-state index in [1.807, 2.05) is 42.5 Å². The van der Waals surface area contributed by atoms with Crippen molar-refractivity contribution in [2.75, 3.05) is 6.54 Å². The standard InChI is InChI=1S/C15H17NO2/c17-14-9-5-4-8-13(14)10-16-11-15(18)12-6-2-1-3-7-12/h1-9,15-18H,10-11H2. The van der Waals surface area contributed by atoms with Crippen molar-refractivity contribution in [1.82, 2.24) is 5.32 Å². The number of benzene rings is 2. The number of hydrogen-bond acceptors (Lipinski definition) is 3. The molecule has 0 heterocycles. The van der Waals surface area contributed by atoms with Crippen molar-refractivity contribution in [3.05, 3.63) is 65.7 Å². The van der Waals surface area contributed by atoms with Gasteiger partial charge in [0.05, 0.1) is 6.10 Å². The van der Waals surface area contributed by atoms with E-state index < -0.39 is 6.10 Å². The molecule has 0 radical (unpaired) electrons. The molecule has 1 atom stereocenters. The second kappa shape index (κ2) is 6.19. The van der Waals surface area contributed by atoms with Crippen molar-refractivity contribution in [3.63, 3.8) is 0 Å². The number of nitrogens with one attached hydrogen (secondary N) is 1. The number of para-hydroxylation sites is 1. The topological polar surface area (TPSA) is 52.5 Å². The summed E-state index contributed by atoms with van der Waals surface area (Å²) in [5.41, 5.74) is 1.72. The van der Waals surface area contributed by atoms with Crippen LogP contribution in [0.15, 0.2) is 54.6 Å². The molecule has 0 aromatic heterocycles. The first kappa shape index (κ1) is 12.6. The Balaban J connectivity index is 1.84. The van der Waals surface area contributed by atoms with Crippen molar-refractivity contribution in [3.8, 4) is 5.75 Å². The number of hydrogen-bond donors (Lipinski definition) is 3. The lowest BCUT2D eigenvalue weighted by molar-refractivity contribution is 0.174. The quantitative estimate of drug-likeness (QED) is 0.754. The lowest BCUT2D eigenvalue weighted by Gasteiger charge is -2.12. The molecule has 2 rings (SSSR count). The third kappa shape index (κ3) is 3.32. The molecular weight excluding hydrogens is 226 g/mol. The van der Waals surface area contributed by atoms with E-state index in [2.05, 4.69) is 5.32 Å². The molecule has 2 aromatic carbocycles. The summed E-state index contributed by atoms with van der Waals surface area (Å²) < 4.78 is 0. The van der Waals surface area contributed by atoms with Gasteiger partial charge in [-0.25, -0.2) is 0 Å². The zero-order valence-corrected chi connectivity index (χ0v) is 10.1. The minimum atomic E-state index is -0.531. The fraction of sp³-hybridized carbons (Fsp3) is 0.200. The lowest BCUT2D eigenvalue weighted by Crippen LogP contribution is -2.21. The Hall–Kier alpha value is -1.84. The molecule has 18 heavy (non-hydrogen) atoms. The smallest absolute Gasteiger partial charge is 0.120 e. The van der Waals surface area contributed by atoms with Crippen LogP contribution in [-0.2, 0) is 6.54 Å². The van der Waals surface area contributed by atoms with Gasteiger partial charge >= 0.3 is 0 Å². The van der Waals surface area contributed by atoms with Crippen molar-refractivity contribution in [2.45, 2.75) is 12.6 Å². The van der Waals surface area contributed by atoms with E-state index in [9.17, 15) is 10.2 Å². The van der Waals surface area contributed by atoms with Gasteiger partial charge < -0.3 is 15.5 Å². The molecule has 1 unspecified atom stereocenters. The van der Waals surface area contributed by atoms with Crippen LogP contribution in [0, 0.1) is 0 Å². The molecule has 0 bridgehead atoms.